The van der Waals surface area contributed by atoms with Crippen LogP contribution in [0.1, 0.15) is 11.3 Å². The molecule has 5 nitrogen and oxygen atoms in total. The van der Waals surface area contributed by atoms with Gasteiger partial charge in [0.05, 0.1) is 0 Å². The first kappa shape index (κ1) is 15.8. The van der Waals surface area contributed by atoms with E-state index in [-0.39, 0.29) is 5.91 Å². The second-order valence-electron chi connectivity index (χ2n) is 3.96. The number of thioether (sulfide) groups is 1. The third kappa shape index (κ3) is 6.49. The monoisotopic (exact) mass is 301 g/mol. The Kier molecular flexibility index (Phi) is 7.35. The van der Waals surface area contributed by atoms with E-state index in [1.54, 1.807) is 23.1 Å². The van der Waals surface area contributed by atoms with Crippen molar-refractivity contribution in [3.8, 4) is 0 Å². The molecule has 1 unspecified atom stereocenters. The van der Waals surface area contributed by atoms with E-state index < -0.39 is 12.1 Å². The number of carbonyl (C=O) groups is 2. The van der Waals surface area contributed by atoms with Crippen LogP contribution < -0.4 is 16.4 Å². The van der Waals surface area contributed by atoms with Gasteiger partial charge in [-0.3, -0.25) is 4.79 Å². The zero-order valence-corrected chi connectivity index (χ0v) is 12.5. The van der Waals surface area contributed by atoms with Crippen molar-refractivity contribution in [1.29, 1.82) is 0 Å². The Morgan fingerprint density at radius 1 is 1.53 bits per heavy atom. The SMILES string of the molecule is CSCCC(NC(N)=O)C(=O)NCCc1cccs1. The van der Waals surface area contributed by atoms with Crippen molar-refractivity contribution in [2.24, 2.45) is 5.73 Å². The Labute approximate surface area is 121 Å². The molecule has 3 amide bonds. The summed E-state index contributed by atoms with van der Waals surface area (Å²) in [5.41, 5.74) is 5.07. The lowest BCUT2D eigenvalue weighted by Crippen LogP contribution is -2.49. The molecule has 0 aliphatic rings. The van der Waals surface area contributed by atoms with Gasteiger partial charge in [-0.2, -0.15) is 11.8 Å². The van der Waals surface area contributed by atoms with Gasteiger partial charge in [-0.05, 0) is 36.3 Å². The van der Waals surface area contributed by atoms with Crippen molar-refractivity contribution in [3.05, 3.63) is 22.4 Å². The van der Waals surface area contributed by atoms with E-state index in [4.69, 9.17) is 5.73 Å². The van der Waals surface area contributed by atoms with E-state index in [2.05, 4.69) is 10.6 Å². The second-order valence-corrected chi connectivity index (χ2v) is 5.98. The molecule has 0 radical (unpaired) electrons. The lowest BCUT2D eigenvalue weighted by atomic mass is 10.2. The number of urea groups is 1. The minimum Gasteiger partial charge on any atom is -0.354 e. The maximum atomic E-state index is 11.9. The van der Waals surface area contributed by atoms with Crippen molar-refractivity contribution in [2.45, 2.75) is 18.9 Å². The van der Waals surface area contributed by atoms with Crippen LogP contribution in [-0.2, 0) is 11.2 Å². The van der Waals surface area contributed by atoms with Gasteiger partial charge >= 0.3 is 6.03 Å². The van der Waals surface area contributed by atoms with Crippen LogP contribution in [0.15, 0.2) is 17.5 Å². The average molecular weight is 301 g/mol. The third-order valence-electron chi connectivity index (χ3n) is 2.49. The van der Waals surface area contributed by atoms with Crippen molar-refractivity contribution in [1.82, 2.24) is 10.6 Å². The molecule has 0 spiro atoms. The molecule has 0 saturated carbocycles. The number of primary amides is 1. The molecular weight excluding hydrogens is 282 g/mol. The molecule has 0 fully saturated rings. The molecule has 1 rings (SSSR count). The summed E-state index contributed by atoms with van der Waals surface area (Å²) >= 11 is 3.29. The number of nitrogens with two attached hydrogens (primary N) is 1. The summed E-state index contributed by atoms with van der Waals surface area (Å²) in [5.74, 6) is 0.618. The minimum atomic E-state index is -0.667. The number of rotatable bonds is 8. The quantitative estimate of drug-likeness (QED) is 0.674. The molecule has 0 aliphatic heterocycles. The molecule has 1 aromatic rings. The highest BCUT2D eigenvalue weighted by Gasteiger charge is 2.18. The fourth-order valence-electron chi connectivity index (χ4n) is 1.56. The molecule has 0 saturated heterocycles. The molecule has 1 aromatic heterocycles. The smallest absolute Gasteiger partial charge is 0.312 e. The molecule has 1 atom stereocenters. The summed E-state index contributed by atoms with van der Waals surface area (Å²) in [6.07, 6.45) is 3.33. The van der Waals surface area contributed by atoms with Crippen LogP contribution in [0.5, 0.6) is 0 Å². The number of thiophene rings is 1. The fourth-order valence-corrected chi connectivity index (χ4v) is 2.74. The van der Waals surface area contributed by atoms with Gasteiger partial charge in [0, 0.05) is 11.4 Å². The van der Waals surface area contributed by atoms with E-state index in [0.717, 1.165) is 12.2 Å². The molecular formula is C12H19N3O2S2. The fraction of sp³-hybridized carbons (Fsp3) is 0.500. The molecule has 19 heavy (non-hydrogen) atoms. The summed E-state index contributed by atoms with van der Waals surface area (Å²) in [6, 6.07) is 2.80. The Bertz CT molecular complexity index is 396. The Morgan fingerprint density at radius 3 is 2.89 bits per heavy atom. The van der Waals surface area contributed by atoms with Crippen LogP contribution in [0.4, 0.5) is 4.79 Å². The summed E-state index contributed by atoms with van der Waals surface area (Å²) in [7, 11) is 0. The van der Waals surface area contributed by atoms with Crippen LogP contribution in [0.3, 0.4) is 0 Å². The Balaban J connectivity index is 2.35. The van der Waals surface area contributed by atoms with Gasteiger partial charge in [0.15, 0.2) is 0 Å². The number of amides is 3. The molecule has 106 valence electrons. The highest BCUT2D eigenvalue weighted by Crippen LogP contribution is 2.08. The molecule has 0 bridgehead atoms. The largest absolute Gasteiger partial charge is 0.354 e. The molecule has 0 aromatic carbocycles. The topological polar surface area (TPSA) is 84.2 Å². The first-order valence-corrected chi connectivity index (χ1v) is 8.26. The first-order valence-electron chi connectivity index (χ1n) is 5.98. The van der Waals surface area contributed by atoms with Crippen LogP contribution in [-0.4, -0.2) is 36.5 Å². The van der Waals surface area contributed by atoms with Crippen molar-refractivity contribution < 1.29 is 9.59 Å². The van der Waals surface area contributed by atoms with Crippen molar-refractivity contribution in [3.63, 3.8) is 0 Å². The highest BCUT2D eigenvalue weighted by molar-refractivity contribution is 7.98. The number of nitrogens with one attached hydrogen (secondary N) is 2. The molecule has 7 heteroatoms. The second kappa shape index (κ2) is 8.82. The van der Waals surface area contributed by atoms with E-state index in [9.17, 15) is 9.59 Å². The number of hydrogen-bond acceptors (Lipinski definition) is 4. The van der Waals surface area contributed by atoms with E-state index in [0.29, 0.717) is 13.0 Å². The maximum Gasteiger partial charge on any atom is 0.312 e. The minimum absolute atomic E-state index is 0.176. The molecule has 4 N–H and O–H groups in total. The Hall–Kier alpha value is -1.21. The van der Waals surface area contributed by atoms with Crippen LogP contribution in [0.2, 0.25) is 0 Å². The summed E-state index contributed by atoms with van der Waals surface area (Å²) < 4.78 is 0. The van der Waals surface area contributed by atoms with Crippen LogP contribution in [0, 0.1) is 0 Å². The van der Waals surface area contributed by atoms with Gasteiger partial charge in [-0.25, -0.2) is 4.79 Å². The zero-order valence-electron chi connectivity index (χ0n) is 10.8. The molecule has 0 aliphatic carbocycles. The van der Waals surface area contributed by atoms with Gasteiger partial charge in [0.2, 0.25) is 5.91 Å². The van der Waals surface area contributed by atoms with Gasteiger partial charge in [0.25, 0.3) is 0 Å². The van der Waals surface area contributed by atoms with Gasteiger partial charge in [-0.15, -0.1) is 11.3 Å². The van der Waals surface area contributed by atoms with Gasteiger partial charge in [0.1, 0.15) is 6.04 Å². The number of hydrogen-bond donors (Lipinski definition) is 3. The highest BCUT2D eigenvalue weighted by atomic mass is 32.2. The predicted molar refractivity (Wildman–Crippen MR) is 80.5 cm³/mol. The van der Waals surface area contributed by atoms with Gasteiger partial charge < -0.3 is 16.4 Å². The van der Waals surface area contributed by atoms with E-state index in [1.165, 1.54) is 4.88 Å². The number of carbonyl (C=O) groups excluding carboxylic acids is 2. The van der Waals surface area contributed by atoms with Crippen molar-refractivity contribution >= 4 is 35.0 Å². The van der Waals surface area contributed by atoms with Gasteiger partial charge in [-0.1, -0.05) is 6.07 Å². The normalized spacial score (nSPS) is 11.8. The van der Waals surface area contributed by atoms with E-state index >= 15 is 0 Å². The first-order chi connectivity index (χ1) is 9.13. The maximum absolute atomic E-state index is 11.9. The van der Waals surface area contributed by atoms with Crippen molar-refractivity contribution in [2.75, 3.05) is 18.6 Å². The lowest BCUT2D eigenvalue weighted by Gasteiger charge is -2.16. The van der Waals surface area contributed by atoms with E-state index in [1.807, 2.05) is 23.8 Å². The summed E-state index contributed by atoms with van der Waals surface area (Å²) in [6.45, 7) is 0.565. The third-order valence-corrected chi connectivity index (χ3v) is 4.07. The lowest BCUT2D eigenvalue weighted by molar-refractivity contribution is -0.122. The summed E-state index contributed by atoms with van der Waals surface area (Å²) in [4.78, 5) is 24.0. The molecule has 1 heterocycles. The zero-order chi connectivity index (χ0) is 14.1. The average Bonchev–Trinajstić information content (AvgIpc) is 2.87. The predicted octanol–water partition coefficient (Wildman–Crippen LogP) is 1.20. The standard InChI is InChI=1S/C12H19N3O2S2/c1-18-8-5-10(15-12(13)17)11(16)14-6-4-9-3-2-7-19-9/h2-3,7,10H,4-6,8H2,1H3,(H,14,16)(H3,13,15,17). The van der Waals surface area contributed by atoms with Crippen LogP contribution >= 0.6 is 23.1 Å². The Morgan fingerprint density at radius 2 is 2.32 bits per heavy atom. The summed E-state index contributed by atoms with van der Waals surface area (Å²) in [5, 5.41) is 7.30. The van der Waals surface area contributed by atoms with Crippen LogP contribution in [0.25, 0.3) is 0 Å².